The van der Waals surface area contributed by atoms with Crippen LogP contribution < -0.4 is 24.8 Å². The molecule has 0 spiro atoms. The van der Waals surface area contributed by atoms with E-state index in [0.29, 0.717) is 35.9 Å². The number of esters is 2. The van der Waals surface area contributed by atoms with Crippen molar-refractivity contribution in [1.82, 2.24) is 4.90 Å². The molecule has 0 bridgehead atoms. The first-order valence-corrected chi connectivity index (χ1v) is 15.1. The van der Waals surface area contributed by atoms with Crippen LogP contribution in [-0.4, -0.2) is 62.0 Å². The fourth-order valence-electron chi connectivity index (χ4n) is 7.68. The van der Waals surface area contributed by atoms with E-state index in [-0.39, 0.29) is 19.4 Å². The number of para-hydroxylation sites is 1. The molecule has 1 saturated heterocycles. The molecular weight excluding hydrogens is 578 g/mol. The molecule has 0 radical (unpaired) electrons. The molecule has 3 aromatic carbocycles. The molecule has 2 N–H and O–H groups in total. The summed E-state index contributed by atoms with van der Waals surface area (Å²) in [6.07, 6.45) is 1.01. The molecule has 234 valence electrons. The van der Waals surface area contributed by atoms with Crippen LogP contribution >= 0.6 is 0 Å². The number of piperidine rings is 1. The second-order valence-corrected chi connectivity index (χ2v) is 11.8. The molecule has 0 unspecified atom stereocenters. The first kappa shape index (κ1) is 28.8. The van der Waals surface area contributed by atoms with Gasteiger partial charge < -0.3 is 34.3 Å². The number of amides is 1. The fourth-order valence-corrected chi connectivity index (χ4v) is 7.68. The van der Waals surface area contributed by atoms with Gasteiger partial charge in [-0.05, 0) is 48.1 Å². The van der Waals surface area contributed by atoms with Gasteiger partial charge in [-0.3, -0.25) is 14.5 Å². The van der Waals surface area contributed by atoms with Crippen molar-refractivity contribution in [2.75, 3.05) is 37.9 Å². The number of anilines is 2. The van der Waals surface area contributed by atoms with Gasteiger partial charge in [-0.25, -0.2) is 4.79 Å². The van der Waals surface area contributed by atoms with Crippen molar-refractivity contribution in [3.8, 4) is 17.2 Å². The van der Waals surface area contributed by atoms with Gasteiger partial charge in [-0.2, -0.15) is 0 Å². The predicted molar refractivity (Wildman–Crippen MR) is 164 cm³/mol. The maximum atomic E-state index is 13.9. The molecule has 0 aromatic heterocycles. The van der Waals surface area contributed by atoms with Crippen LogP contribution in [-0.2, 0) is 37.5 Å². The lowest BCUT2D eigenvalue weighted by Gasteiger charge is -2.52. The summed E-state index contributed by atoms with van der Waals surface area (Å²) in [5.41, 5.74) is 3.15. The number of benzene rings is 3. The molecule has 4 aliphatic heterocycles. The Bertz CT molecular complexity index is 1690. The zero-order valence-corrected chi connectivity index (χ0v) is 25.4. The van der Waals surface area contributed by atoms with Gasteiger partial charge in [0.1, 0.15) is 6.61 Å². The average Bonchev–Trinajstić information content (AvgIpc) is 3.71. The molecule has 4 heterocycles. The number of carbonyl (C=O) groups excluding carboxylic acids is 3. The first-order valence-electron chi connectivity index (χ1n) is 15.1. The summed E-state index contributed by atoms with van der Waals surface area (Å²) in [5, 5.41) is 7.05. The van der Waals surface area contributed by atoms with E-state index in [4.69, 9.17) is 23.7 Å². The molecule has 7 rings (SSSR count). The normalized spacial score (nSPS) is 23.2. The van der Waals surface area contributed by atoms with E-state index < -0.39 is 35.2 Å². The van der Waals surface area contributed by atoms with E-state index in [0.717, 1.165) is 40.9 Å². The monoisotopic (exact) mass is 613 g/mol. The molecule has 11 heteroatoms. The lowest BCUT2D eigenvalue weighted by atomic mass is 9.63. The molecule has 3 atom stereocenters. The molecule has 1 amide bonds. The minimum absolute atomic E-state index is 0.0329. The summed E-state index contributed by atoms with van der Waals surface area (Å²) < 4.78 is 29.6. The molecule has 3 aromatic rings. The van der Waals surface area contributed by atoms with E-state index in [1.54, 1.807) is 18.1 Å². The quantitative estimate of drug-likeness (QED) is 0.285. The van der Waals surface area contributed by atoms with Crippen LogP contribution in [0.3, 0.4) is 0 Å². The summed E-state index contributed by atoms with van der Waals surface area (Å²) in [4.78, 5) is 40.3. The number of nitrogens with one attached hydrogen (secondary N) is 2. The van der Waals surface area contributed by atoms with Crippen LogP contribution in [0.5, 0.6) is 17.2 Å². The number of likely N-dealkylation sites (tertiary alicyclic amines) is 1. The minimum atomic E-state index is -1.30. The number of nitrogens with zero attached hydrogens (tertiary/aromatic N) is 1. The van der Waals surface area contributed by atoms with Gasteiger partial charge in [0.15, 0.2) is 17.2 Å². The first-order chi connectivity index (χ1) is 21.8. The Kier molecular flexibility index (Phi) is 6.98. The van der Waals surface area contributed by atoms with Crippen molar-refractivity contribution < 1.29 is 38.1 Å². The van der Waals surface area contributed by atoms with Gasteiger partial charge in [0.2, 0.25) is 5.72 Å². The Morgan fingerprint density at radius 2 is 1.87 bits per heavy atom. The summed E-state index contributed by atoms with van der Waals surface area (Å²) >= 11 is 0. The largest absolute Gasteiger partial charge is 0.491 e. The Labute approximate surface area is 260 Å². The molecule has 4 aliphatic rings. The fraction of sp³-hybridized carbons (Fsp3) is 0.382. The third-order valence-electron chi connectivity index (χ3n) is 9.49. The zero-order valence-electron chi connectivity index (χ0n) is 25.4. The van der Waals surface area contributed by atoms with Crippen LogP contribution in [0.1, 0.15) is 48.4 Å². The van der Waals surface area contributed by atoms with E-state index in [1.165, 1.54) is 14.0 Å². The second-order valence-electron chi connectivity index (χ2n) is 11.8. The number of ether oxygens (including phenoxy) is 5. The van der Waals surface area contributed by atoms with Gasteiger partial charge in [0.05, 0.1) is 37.1 Å². The summed E-state index contributed by atoms with van der Waals surface area (Å²) in [6.45, 7) is 2.55. The van der Waals surface area contributed by atoms with Crippen LogP contribution in [0.4, 0.5) is 16.2 Å². The highest BCUT2D eigenvalue weighted by molar-refractivity contribution is 5.85. The molecule has 0 saturated carbocycles. The standard InChI is InChI=1S/C34H35N3O8/c1-20(38)44-25-11-7-10-23-29(25)36-34-26(12-13-27(39)41-2)37(32(40)43-19-21-8-5-4-6-9-21)17-15-33(23,34)24-18-22-14-16-35-28(22)31(42-3)30(24)45-34/h4-11,18,26,35-36H,12-17,19H2,1-3H3/t26-,33+,34-/m0/s1. The highest BCUT2D eigenvalue weighted by Gasteiger charge is 2.73. The number of hydrogen-bond acceptors (Lipinski definition) is 10. The lowest BCUT2D eigenvalue weighted by molar-refractivity contribution is -0.142. The number of carbonyl (C=O) groups is 3. The van der Waals surface area contributed by atoms with Gasteiger partial charge >= 0.3 is 18.0 Å². The van der Waals surface area contributed by atoms with E-state index in [2.05, 4.69) is 16.7 Å². The Balaban J connectivity index is 1.39. The van der Waals surface area contributed by atoms with E-state index in [1.807, 2.05) is 42.5 Å². The summed E-state index contributed by atoms with van der Waals surface area (Å²) in [5.74, 6) is 0.664. The van der Waals surface area contributed by atoms with Crippen molar-refractivity contribution in [2.45, 2.75) is 56.4 Å². The van der Waals surface area contributed by atoms with E-state index >= 15 is 0 Å². The smallest absolute Gasteiger partial charge is 0.410 e. The molecule has 0 aliphatic carbocycles. The van der Waals surface area contributed by atoms with Crippen LogP contribution in [0.2, 0.25) is 0 Å². The predicted octanol–water partition coefficient (Wildman–Crippen LogP) is 4.75. The highest BCUT2D eigenvalue weighted by atomic mass is 16.6. The van der Waals surface area contributed by atoms with Crippen molar-refractivity contribution in [3.63, 3.8) is 0 Å². The Hall–Kier alpha value is -4.93. The van der Waals surface area contributed by atoms with Crippen LogP contribution in [0, 0.1) is 0 Å². The number of rotatable bonds is 7. The zero-order chi connectivity index (χ0) is 31.3. The molecule has 1 fully saturated rings. The highest BCUT2D eigenvalue weighted by Crippen LogP contribution is 2.68. The topological polar surface area (TPSA) is 125 Å². The average molecular weight is 614 g/mol. The van der Waals surface area contributed by atoms with Crippen molar-refractivity contribution in [3.05, 3.63) is 76.9 Å². The number of methoxy groups -OCH3 is 2. The van der Waals surface area contributed by atoms with Crippen molar-refractivity contribution in [2.24, 2.45) is 0 Å². The van der Waals surface area contributed by atoms with Crippen molar-refractivity contribution in [1.29, 1.82) is 0 Å². The summed E-state index contributed by atoms with van der Waals surface area (Å²) in [7, 11) is 2.96. The minimum Gasteiger partial charge on any atom is -0.491 e. The maximum absolute atomic E-state index is 13.9. The third kappa shape index (κ3) is 4.27. The Morgan fingerprint density at radius 1 is 1.04 bits per heavy atom. The Morgan fingerprint density at radius 3 is 2.62 bits per heavy atom. The third-order valence-corrected chi connectivity index (χ3v) is 9.49. The lowest BCUT2D eigenvalue weighted by Crippen LogP contribution is -2.71. The van der Waals surface area contributed by atoms with Gasteiger partial charge in [0.25, 0.3) is 0 Å². The number of hydrogen-bond donors (Lipinski definition) is 2. The maximum Gasteiger partial charge on any atom is 0.410 e. The van der Waals surface area contributed by atoms with Crippen molar-refractivity contribution >= 4 is 29.4 Å². The number of fused-ring (bicyclic) bond motifs is 3. The van der Waals surface area contributed by atoms with Gasteiger partial charge in [-0.1, -0.05) is 42.5 Å². The van der Waals surface area contributed by atoms with E-state index in [9.17, 15) is 14.4 Å². The molecular formula is C34H35N3O8. The van der Waals surface area contributed by atoms with Crippen LogP contribution in [0.25, 0.3) is 0 Å². The molecule has 11 nitrogen and oxygen atoms in total. The second kappa shape index (κ2) is 10.9. The molecule has 45 heavy (non-hydrogen) atoms. The van der Waals surface area contributed by atoms with Gasteiger partial charge in [-0.15, -0.1) is 0 Å². The SMILES string of the molecule is COC(=O)CC[C@@H]1N(C(=O)OCc2ccccc2)CC[C@]23c4cccc(OC(C)=O)c4N[C@]12Oc1c3cc2c(c1OC)NCC2. The summed E-state index contributed by atoms with van der Waals surface area (Å²) in [6, 6.07) is 16.5. The van der Waals surface area contributed by atoms with Gasteiger partial charge in [0, 0.05) is 32.0 Å². The van der Waals surface area contributed by atoms with Crippen LogP contribution in [0.15, 0.2) is 54.6 Å².